The van der Waals surface area contributed by atoms with Crippen molar-refractivity contribution in [3.8, 4) is 5.75 Å². The van der Waals surface area contributed by atoms with Gasteiger partial charge in [-0.05, 0) is 30.7 Å². The van der Waals surface area contributed by atoms with Gasteiger partial charge < -0.3 is 4.74 Å². The number of hydrogen-bond acceptors (Lipinski definition) is 2. The van der Waals surface area contributed by atoms with Crippen molar-refractivity contribution in [2.24, 2.45) is 0 Å². The second-order valence-corrected chi connectivity index (χ2v) is 4.52. The van der Waals surface area contributed by atoms with Crippen LogP contribution in [0.3, 0.4) is 0 Å². The van der Waals surface area contributed by atoms with Crippen molar-refractivity contribution in [2.75, 3.05) is 7.11 Å². The fraction of sp³-hybridized carbons (Fsp3) is 0.455. The second kappa shape index (κ2) is 5.18. The van der Waals surface area contributed by atoms with Crippen LogP contribution in [0.2, 0.25) is 0 Å². The first-order valence-electron chi connectivity index (χ1n) is 4.57. The van der Waals surface area contributed by atoms with Crippen molar-refractivity contribution in [1.29, 1.82) is 0 Å². The Morgan fingerprint density at radius 3 is 2.38 bits per heavy atom. The third kappa shape index (κ3) is 3.31. The fourth-order valence-electron chi connectivity index (χ4n) is 0.970. The minimum absolute atomic E-state index is 0.688. The Labute approximate surface area is 84.5 Å². The first-order chi connectivity index (χ1) is 6.26. The molecule has 1 unspecified atom stereocenters. The van der Waals surface area contributed by atoms with Crippen LogP contribution < -0.4 is 4.74 Å². The van der Waals surface area contributed by atoms with Gasteiger partial charge >= 0.3 is 0 Å². The molecule has 1 nitrogen and oxygen atoms in total. The Morgan fingerprint density at radius 1 is 1.31 bits per heavy atom. The summed E-state index contributed by atoms with van der Waals surface area (Å²) in [4.78, 5) is 1.31. The van der Waals surface area contributed by atoms with Gasteiger partial charge in [0.15, 0.2) is 0 Å². The number of hydrogen-bond donors (Lipinski definition) is 0. The average molecular weight is 196 g/mol. The van der Waals surface area contributed by atoms with E-state index in [-0.39, 0.29) is 0 Å². The predicted octanol–water partition coefficient (Wildman–Crippen LogP) is 3.59. The van der Waals surface area contributed by atoms with Crippen molar-refractivity contribution >= 4 is 11.8 Å². The van der Waals surface area contributed by atoms with Crippen LogP contribution in [0.25, 0.3) is 0 Å². The monoisotopic (exact) mass is 196 g/mol. The van der Waals surface area contributed by atoms with E-state index in [0.29, 0.717) is 5.25 Å². The van der Waals surface area contributed by atoms with Crippen LogP contribution in [0.15, 0.2) is 29.2 Å². The van der Waals surface area contributed by atoms with Gasteiger partial charge in [-0.2, -0.15) is 0 Å². The van der Waals surface area contributed by atoms with Crippen LogP contribution >= 0.6 is 11.8 Å². The van der Waals surface area contributed by atoms with Gasteiger partial charge in [0, 0.05) is 10.1 Å². The molecule has 0 spiro atoms. The van der Waals surface area contributed by atoms with E-state index in [4.69, 9.17) is 4.74 Å². The highest BCUT2D eigenvalue weighted by Gasteiger charge is 2.01. The van der Waals surface area contributed by atoms with Crippen molar-refractivity contribution in [1.82, 2.24) is 0 Å². The Kier molecular flexibility index (Phi) is 4.16. The van der Waals surface area contributed by atoms with Gasteiger partial charge in [-0.3, -0.25) is 0 Å². The van der Waals surface area contributed by atoms with Crippen LogP contribution in [-0.2, 0) is 0 Å². The van der Waals surface area contributed by atoms with E-state index in [2.05, 4.69) is 26.0 Å². The smallest absolute Gasteiger partial charge is 0.118 e. The first kappa shape index (κ1) is 10.5. The maximum atomic E-state index is 5.09. The van der Waals surface area contributed by atoms with Crippen molar-refractivity contribution in [3.63, 3.8) is 0 Å². The summed E-state index contributed by atoms with van der Waals surface area (Å²) in [6, 6.07) is 8.22. The molecule has 0 amide bonds. The lowest BCUT2D eigenvalue weighted by atomic mass is 10.3. The number of thioether (sulfide) groups is 1. The zero-order valence-corrected chi connectivity index (χ0v) is 9.23. The fourth-order valence-corrected chi connectivity index (χ4v) is 1.89. The lowest BCUT2D eigenvalue weighted by molar-refractivity contribution is 0.414. The minimum atomic E-state index is 0.688. The van der Waals surface area contributed by atoms with E-state index in [1.54, 1.807) is 7.11 Å². The van der Waals surface area contributed by atoms with E-state index in [9.17, 15) is 0 Å². The van der Waals surface area contributed by atoms with Crippen LogP contribution in [-0.4, -0.2) is 12.4 Å². The zero-order valence-electron chi connectivity index (χ0n) is 8.41. The Bertz CT molecular complexity index is 243. The number of benzene rings is 1. The number of rotatable bonds is 4. The third-order valence-electron chi connectivity index (χ3n) is 1.97. The maximum Gasteiger partial charge on any atom is 0.118 e. The minimum Gasteiger partial charge on any atom is -0.497 e. The number of ether oxygens (including phenoxy) is 1. The molecule has 0 radical (unpaired) electrons. The van der Waals surface area contributed by atoms with Gasteiger partial charge in [-0.15, -0.1) is 11.8 Å². The van der Waals surface area contributed by atoms with Gasteiger partial charge in [0.05, 0.1) is 7.11 Å². The maximum absolute atomic E-state index is 5.09. The van der Waals surface area contributed by atoms with E-state index in [0.717, 1.165) is 5.75 Å². The SMILES string of the molecule is CCC(C)Sc1ccc(OC)cc1. The summed E-state index contributed by atoms with van der Waals surface area (Å²) in [7, 11) is 1.69. The summed E-state index contributed by atoms with van der Waals surface area (Å²) in [5.74, 6) is 0.925. The highest BCUT2D eigenvalue weighted by Crippen LogP contribution is 2.26. The molecular formula is C11H16OS. The molecular weight excluding hydrogens is 180 g/mol. The number of methoxy groups -OCH3 is 1. The molecule has 0 aliphatic heterocycles. The summed E-state index contributed by atoms with van der Waals surface area (Å²) >= 11 is 1.91. The van der Waals surface area contributed by atoms with Crippen molar-refractivity contribution in [3.05, 3.63) is 24.3 Å². The molecule has 0 aromatic heterocycles. The van der Waals surface area contributed by atoms with E-state index in [1.807, 2.05) is 23.9 Å². The van der Waals surface area contributed by atoms with Crippen LogP contribution in [0.4, 0.5) is 0 Å². The average Bonchev–Trinajstić information content (AvgIpc) is 2.19. The molecule has 2 heteroatoms. The highest BCUT2D eigenvalue weighted by atomic mass is 32.2. The Hall–Kier alpha value is -0.630. The lowest BCUT2D eigenvalue weighted by Crippen LogP contribution is -1.91. The Balaban J connectivity index is 2.58. The summed E-state index contributed by atoms with van der Waals surface area (Å²) in [5, 5.41) is 0.688. The normalized spacial score (nSPS) is 12.5. The van der Waals surface area contributed by atoms with Gasteiger partial charge in [0.25, 0.3) is 0 Å². The molecule has 13 heavy (non-hydrogen) atoms. The van der Waals surface area contributed by atoms with Crippen molar-refractivity contribution < 1.29 is 4.74 Å². The molecule has 0 fully saturated rings. The van der Waals surface area contributed by atoms with Crippen LogP contribution in [0, 0.1) is 0 Å². The summed E-state index contributed by atoms with van der Waals surface area (Å²) < 4.78 is 5.09. The quantitative estimate of drug-likeness (QED) is 0.681. The largest absolute Gasteiger partial charge is 0.497 e. The summed E-state index contributed by atoms with van der Waals surface area (Å²) in [6.07, 6.45) is 1.21. The molecule has 0 bridgehead atoms. The van der Waals surface area contributed by atoms with Gasteiger partial charge in [-0.1, -0.05) is 13.8 Å². The highest BCUT2D eigenvalue weighted by molar-refractivity contribution is 7.99. The molecule has 0 aliphatic rings. The van der Waals surface area contributed by atoms with Gasteiger partial charge in [0.2, 0.25) is 0 Å². The summed E-state index contributed by atoms with van der Waals surface area (Å²) in [5.41, 5.74) is 0. The molecule has 1 aromatic carbocycles. The molecule has 0 aliphatic carbocycles. The molecule has 0 N–H and O–H groups in total. The molecule has 1 aromatic rings. The summed E-state index contributed by atoms with van der Waals surface area (Å²) in [6.45, 7) is 4.45. The topological polar surface area (TPSA) is 9.23 Å². The third-order valence-corrected chi connectivity index (χ3v) is 3.25. The zero-order chi connectivity index (χ0) is 9.68. The molecule has 0 saturated carbocycles. The van der Waals surface area contributed by atoms with Crippen molar-refractivity contribution in [2.45, 2.75) is 30.4 Å². The molecule has 1 atom stereocenters. The standard InChI is InChI=1S/C11H16OS/c1-4-9(2)13-11-7-5-10(12-3)6-8-11/h5-9H,4H2,1-3H3. The molecule has 1 rings (SSSR count). The lowest BCUT2D eigenvalue weighted by Gasteiger charge is -2.08. The first-order valence-corrected chi connectivity index (χ1v) is 5.45. The molecule has 0 heterocycles. The Morgan fingerprint density at radius 2 is 1.92 bits per heavy atom. The van der Waals surface area contributed by atoms with Gasteiger partial charge in [-0.25, -0.2) is 0 Å². The van der Waals surface area contributed by atoms with Gasteiger partial charge in [0.1, 0.15) is 5.75 Å². The molecule has 72 valence electrons. The van der Waals surface area contributed by atoms with Crippen LogP contribution in [0.1, 0.15) is 20.3 Å². The van der Waals surface area contributed by atoms with E-state index < -0.39 is 0 Å². The van der Waals surface area contributed by atoms with E-state index >= 15 is 0 Å². The van der Waals surface area contributed by atoms with E-state index in [1.165, 1.54) is 11.3 Å². The molecule has 0 saturated heterocycles. The second-order valence-electron chi connectivity index (χ2n) is 3.01. The van der Waals surface area contributed by atoms with Crippen LogP contribution in [0.5, 0.6) is 5.75 Å². The predicted molar refractivity (Wildman–Crippen MR) is 58.6 cm³/mol.